The monoisotopic (exact) mass is 458 g/mol. The number of carboxylic acids is 1. The molecule has 0 bridgehead atoms. The molecule has 3 heterocycles. The number of nitrogens with zero attached hydrogens (tertiary/aromatic N) is 2. The van der Waals surface area contributed by atoms with Crippen LogP contribution in [0.3, 0.4) is 0 Å². The Hall–Kier alpha value is -2.61. The third kappa shape index (κ3) is 5.49. The largest absolute Gasteiger partial charge is 0.491 e. The van der Waals surface area contributed by atoms with Gasteiger partial charge in [-0.3, -0.25) is 9.59 Å². The zero-order valence-corrected chi connectivity index (χ0v) is 19.2. The number of ether oxygens (including phenoxy) is 2. The topological polar surface area (TPSA) is 96.4 Å². The third-order valence-electron chi connectivity index (χ3n) is 7.37. The number of para-hydroxylation sites is 1. The van der Waals surface area contributed by atoms with E-state index in [9.17, 15) is 14.4 Å². The van der Waals surface area contributed by atoms with Crippen LogP contribution in [0.5, 0.6) is 5.75 Å². The van der Waals surface area contributed by atoms with Crippen LogP contribution in [0.4, 0.5) is 0 Å². The molecule has 2 amide bonds. The fraction of sp³-hybridized carbons (Fsp3) is 0.640. The number of fused-ring (bicyclic) bond motifs is 2. The maximum atomic E-state index is 13.9. The van der Waals surface area contributed by atoms with Crippen molar-refractivity contribution in [3.05, 3.63) is 29.8 Å². The molecule has 0 unspecified atom stereocenters. The van der Waals surface area contributed by atoms with E-state index < -0.39 is 18.0 Å². The van der Waals surface area contributed by atoms with Gasteiger partial charge in [0.05, 0.1) is 11.5 Å². The van der Waals surface area contributed by atoms with E-state index in [0.717, 1.165) is 50.8 Å². The Morgan fingerprint density at radius 1 is 1.06 bits per heavy atom. The lowest BCUT2D eigenvalue weighted by molar-refractivity contribution is -0.153. The van der Waals surface area contributed by atoms with Gasteiger partial charge in [-0.2, -0.15) is 0 Å². The van der Waals surface area contributed by atoms with Gasteiger partial charge in [0.15, 0.2) is 0 Å². The van der Waals surface area contributed by atoms with Crippen LogP contribution in [0.15, 0.2) is 24.3 Å². The van der Waals surface area contributed by atoms with Crippen LogP contribution in [0.25, 0.3) is 0 Å². The average Bonchev–Trinajstić information content (AvgIpc) is 3.28. The number of aliphatic carboxylic acids is 1. The third-order valence-corrected chi connectivity index (χ3v) is 7.37. The van der Waals surface area contributed by atoms with Gasteiger partial charge in [-0.15, -0.1) is 0 Å². The summed E-state index contributed by atoms with van der Waals surface area (Å²) < 4.78 is 11.2. The summed E-state index contributed by atoms with van der Waals surface area (Å²) in [5.41, 5.74) is 0.782. The van der Waals surface area contributed by atoms with E-state index in [1.165, 1.54) is 5.56 Å². The first-order valence-corrected chi connectivity index (χ1v) is 12.1. The second kappa shape index (κ2) is 10.5. The number of rotatable bonds is 4. The zero-order valence-electron chi connectivity index (χ0n) is 19.2. The first kappa shape index (κ1) is 23.5. The van der Waals surface area contributed by atoms with Crippen molar-refractivity contribution in [1.82, 2.24) is 9.80 Å². The molecule has 1 aromatic carbocycles. The molecule has 0 aromatic heterocycles. The number of carboxylic acid groups (broad SMARTS) is 1. The van der Waals surface area contributed by atoms with Gasteiger partial charge in [0.25, 0.3) is 0 Å². The normalized spacial score (nSPS) is 23.2. The second-order valence-electron chi connectivity index (χ2n) is 9.47. The molecule has 1 aromatic rings. The molecule has 180 valence electrons. The number of carbonyl (C=O) groups excluding carboxylic acids is 2. The van der Waals surface area contributed by atoms with Crippen LogP contribution in [0.2, 0.25) is 0 Å². The van der Waals surface area contributed by atoms with Crippen molar-refractivity contribution in [2.75, 3.05) is 39.5 Å². The minimum absolute atomic E-state index is 0.0888. The van der Waals surface area contributed by atoms with E-state index in [0.29, 0.717) is 32.5 Å². The van der Waals surface area contributed by atoms with Crippen molar-refractivity contribution in [2.45, 2.75) is 57.4 Å². The van der Waals surface area contributed by atoms with Gasteiger partial charge in [-0.25, -0.2) is 4.79 Å². The van der Waals surface area contributed by atoms with Crippen molar-refractivity contribution in [3.8, 4) is 5.75 Å². The van der Waals surface area contributed by atoms with Crippen molar-refractivity contribution >= 4 is 17.8 Å². The Labute approximate surface area is 194 Å². The van der Waals surface area contributed by atoms with Crippen LogP contribution in [-0.2, 0) is 25.5 Å². The summed E-state index contributed by atoms with van der Waals surface area (Å²) in [6.07, 6.45) is 6.92. The highest BCUT2D eigenvalue weighted by Crippen LogP contribution is 2.41. The fourth-order valence-electron chi connectivity index (χ4n) is 5.47. The molecular formula is C25H34N2O6. The number of carbonyl (C=O) groups is 3. The molecule has 8 heteroatoms. The number of hydrogen-bond acceptors (Lipinski definition) is 5. The quantitative estimate of drug-likeness (QED) is 0.745. The molecule has 0 aliphatic carbocycles. The summed E-state index contributed by atoms with van der Waals surface area (Å²) in [5, 5.41) is 8.69. The maximum absolute atomic E-state index is 13.9. The van der Waals surface area contributed by atoms with Crippen molar-refractivity contribution in [3.63, 3.8) is 0 Å². The van der Waals surface area contributed by atoms with Gasteiger partial charge >= 0.3 is 5.97 Å². The number of benzene rings is 1. The summed E-state index contributed by atoms with van der Waals surface area (Å²) in [6.45, 7) is 1.56. The molecule has 1 atom stereocenters. The number of hydrogen-bond donors (Lipinski definition) is 1. The van der Waals surface area contributed by atoms with Crippen LogP contribution in [-0.4, -0.2) is 78.2 Å². The summed E-state index contributed by atoms with van der Waals surface area (Å²) in [7, 11) is 0. The highest BCUT2D eigenvalue weighted by molar-refractivity contribution is 5.84. The summed E-state index contributed by atoms with van der Waals surface area (Å²) >= 11 is 0. The molecule has 2 fully saturated rings. The van der Waals surface area contributed by atoms with Crippen molar-refractivity contribution in [1.29, 1.82) is 0 Å². The summed E-state index contributed by atoms with van der Waals surface area (Å²) in [4.78, 5) is 40.7. The van der Waals surface area contributed by atoms with Crippen LogP contribution in [0.1, 0.15) is 50.5 Å². The molecule has 0 radical (unpaired) electrons. The predicted octanol–water partition coefficient (Wildman–Crippen LogP) is 2.49. The van der Waals surface area contributed by atoms with Crippen LogP contribution < -0.4 is 4.74 Å². The highest BCUT2D eigenvalue weighted by Gasteiger charge is 2.46. The number of likely N-dealkylation sites (tertiary alicyclic amines) is 1. The smallest absolute Gasteiger partial charge is 0.329 e. The zero-order chi connectivity index (χ0) is 23.3. The van der Waals surface area contributed by atoms with Crippen molar-refractivity contribution < 1.29 is 29.0 Å². The van der Waals surface area contributed by atoms with Crippen molar-refractivity contribution in [2.24, 2.45) is 5.41 Å². The van der Waals surface area contributed by atoms with Gasteiger partial charge in [0, 0.05) is 19.6 Å². The first-order valence-electron chi connectivity index (χ1n) is 12.1. The fourth-order valence-corrected chi connectivity index (χ4v) is 5.47. The number of aryl methyl sites for hydroxylation is 1. The van der Waals surface area contributed by atoms with E-state index in [2.05, 4.69) is 6.07 Å². The van der Waals surface area contributed by atoms with E-state index in [1.807, 2.05) is 23.1 Å². The standard InChI is InChI=1S/C25H34N2O6/c28-22(17-32-18-23(29)30)26-14-11-25(12-15-26)10-4-3-7-19-6-1-2-9-21(19)33-16-20-8-5-13-27(20)24(25)31/h1-2,6,9,20H,3-5,7-8,10-18H2,(H,29,30)/t20-/m1/s1. The molecule has 1 spiro atoms. The van der Waals surface area contributed by atoms with Gasteiger partial charge in [0.2, 0.25) is 11.8 Å². The Morgan fingerprint density at radius 2 is 1.85 bits per heavy atom. The number of amides is 2. The van der Waals surface area contributed by atoms with E-state index >= 15 is 0 Å². The molecule has 0 saturated carbocycles. The Bertz CT molecular complexity index is 864. The Kier molecular flexibility index (Phi) is 7.53. The van der Waals surface area contributed by atoms with Gasteiger partial charge < -0.3 is 24.4 Å². The van der Waals surface area contributed by atoms with E-state index in [1.54, 1.807) is 4.90 Å². The molecule has 8 nitrogen and oxygen atoms in total. The molecule has 3 aliphatic rings. The SMILES string of the molecule is O=C(O)COCC(=O)N1CCC2(CCCCc3ccccc3OC[C@H]3CCCN3C2=O)CC1. The van der Waals surface area contributed by atoms with Gasteiger partial charge in [0.1, 0.15) is 25.6 Å². The minimum Gasteiger partial charge on any atom is -0.491 e. The lowest BCUT2D eigenvalue weighted by Gasteiger charge is -2.44. The van der Waals surface area contributed by atoms with E-state index in [-0.39, 0.29) is 24.5 Å². The average molecular weight is 459 g/mol. The van der Waals surface area contributed by atoms with E-state index in [4.69, 9.17) is 14.6 Å². The molecule has 33 heavy (non-hydrogen) atoms. The number of piperidine rings is 1. The molecule has 1 N–H and O–H groups in total. The predicted molar refractivity (Wildman–Crippen MR) is 121 cm³/mol. The second-order valence-corrected chi connectivity index (χ2v) is 9.47. The molecule has 4 rings (SSSR count). The maximum Gasteiger partial charge on any atom is 0.329 e. The molecule has 3 aliphatic heterocycles. The van der Waals surface area contributed by atoms with Gasteiger partial charge in [-0.05, 0) is 56.6 Å². The summed E-state index contributed by atoms with van der Waals surface area (Å²) in [5.74, 6) is -0.151. The minimum atomic E-state index is -1.09. The van der Waals surface area contributed by atoms with Crippen LogP contribution >= 0.6 is 0 Å². The van der Waals surface area contributed by atoms with Crippen LogP contribution in [0, 0.1) is 5.41 Å². The highest BCUT2D eigenvalue weighted by atomic mass is 16.5. The Balaban J connectivity index is 1.45. The lowest BCUT2D eigenvalue weighted by Crippen LogP contribution is -2.53. The molecule has 2 saturated heterocycles. The first-order chi connectivity index (χ1) is 16.0. The lowest BCUT2D eigenvalue weighted by atomic mass is 9.73. The molecular weight excluding hydrogens is 424 g/mol. The summed E-state index contributed by atoms with van der Waals surface area (Å²) in [6, 6.07) is 8.29. The Morgan fingerprint density at radius 3 is 2.64 bits per heavy atom. The van der Waals surface area contributed by atoms with Gasteiger partial charge in [-0.1, -0.05) is 24.6 Å².